The van der Waals surface area contributed by atoms with Gasteiger partial charge in [0.1, 0.15) is 5.75 Å². The van der Waals surface area contributed by atoms with Gasteiger partial charge >= 0.3 is 7.12 Å². The van der Waals surface area contributed by atoms with E-state index in [1.54, 1.807) is 6.07 Å². The number of pyridine rings is 1. The minimum Gasteiger partial charge on any atom is -0.490 e. The van der Waals surface area contributed by atoms with Crippen LogP contribution in [0.2, 0.25) is 0 Å². The quantitative estimate of drug-likeness (QED) is 0.804. The molecule has 0 amide bonds. The molecule has 1 aromatic rings. The molecular formula is C14H21BN2O5S. The largest absolute Gasteiger partial charge is 0.514 e. The summed E-state index contributed by atoms with van der Waals surface area (Å²) in [6.07, 6.45) is 2.04. The molecule has 2 aliphatic rings. The van der Waals surface area contributed by atoms with Crippen molar-refractivity contribution in [1.82, 2.24) is 4.98 Å². The number of rotatable bonds is 4. The third kappa shape index (κ3) is 3.37. The summed E-state index contributed by atoms with van der Waals surface area (Å²) >= 11 is 0. The van der Waals surface area contributed by atoms with Gasteiger partial charge in [-0.25, -0.2) is 18.5 Å². The fraction of sp³-hybridized carbons (Fsp3) is 0.643. The van der Waals surface area contributed by atoms with Gasteiger partial charge in [0.25, 0.3) is 10.0 Å². The molecular weight excluding hydrogens is 319 g/mol. The average Bonchev–Trinajstić information content (AvgIpc) is 3.15. The molecule has 1 aliphatic carbocycles. The van der Waals surface area contributed by atoms with E-state index in [-0.39, 0.29) is 11.1 Å². The van der Waals surface area contributed by atoms with Crippen molar-refractivity contribution in [2.45, 2.75) is 62.9 Å². The maximum Gasteiger partial charge on any atom is 0.514 e. The number of nitrogens with two attached hydrogens (primary N) is 1. The number of nitrogens with zero attached hydrogens (tertiary/aromatic N) is 1. The number of aromatic nitrogens is 1. The first-order chi connectivity index (χ1) is 10.5. The van der Waals surface area contributed by atoms with Gasteiger partial charge in [-0.15, -0.1) is 0 Å². The third-order valence-electron chi connectivity index (χ3n) is 4.41. The maximum atomic E-state index is 11.7. The topological polar surface area (TPSA) is 101 Å². The number of ether oxygens (including phenoxy) is 1. The average molecular weight is 340 g/mol. The predicted octanol–water partition coefficient (Wildman–Crippen LogP) is 0.569. The Bertz CT molecular complexity index is 715. The molecule has 2 N–H and O–H groups in total. The van der Waals surface area contributed by atoms with Gasteiger partial charge in [0.05, 0.1) is 22.9 Å². The van der Waals surface area contributed by atoms with Crippen molar-refractivity contribution < 1.29 is 22.5 Å². The van der Waals surface area contributed by atoms with E-state index < -0.39 is 28.3 Å². The zero-order valence-corrected chi connectivity index (χ0v) is 14.5. The van der Waals surface area contributed by atoms with E-state index >= 15 is 0 Å². The summed E-state index contributed by atoms with van der Waals surface area (Å²) in [5, 5.41) is 4.97. The van der Waals surface area contributed by atoms with Gasteiger partial charge in [-0.2, -0.15) is 0 Å². The molecule has 3 rings (SSSR count). The van der Waals surface area contributed by atoms with Crippen LogP contribution in [0.1, 0.15) is 40.5 Å². The molecule has 1 aromatic heterocycles. The normalized spacial score (nSPS) is 23.1. The van der Waals surface area contributed by atoms with E-state index in [4.69, 9.17) is 19.2 Å². The van der Waals surface area contributed by atoms with Gasteiger partial charge in [-0.05, 0) is 46.6 Å². The van der Waals surface area contributed by atoms with E-state index in [1.165, 1.54) is 6.07 Å². The molecule has 7 nitrogen and oxygen atoms in total. The highest BCUT2D eigenvalue weighted by atomic mass is 32.2. The predicted molar refractivity (Wildman–Crippen MR) is 85.0 cm³/mol. The van der Waals surface area contributed by atoms with E-state index in [1.807, 2.05) is 27.7 Å². The van der Waals surface area contributed by atoms with Gasteiger partial charge in [0.2, 0.25) is 0 Å². The molecule has 1 saturated heterocycles. The molecule has 1 aliphatic heterocycles. The number of sulfonamides is 1. The van der Waals surface area contributed by atoms with Crippen molar-refractivity contribution in [1.29, 1.82) is 0 Å². The van der Waals surface area contributed by atoms with Crippen molar-refractivity contribution in [3.8, 4) is 5.75 Å². The highest BCUT2D eigenvalue weighted by Gasteiger charge is 2.52. The zero-order chi connectivity index (χ0) is 17.0. The molecule has 0 aromatic carbocycles. The Hall–Kier alpha value is -1.16. The summed E-state index contributed by atoms with van der Waals surface area (Å²) in [5.41, 5.74) is -0.756. The molecule has 0 bridgehead atoms. The van der Waals surface area contributed by atoms with Crippen LogP contribution in [0.15, 0.2) is 17.2 Å². The highest BCUT2D eigenvalue weighted by Crippen LogP contribution is 2.36. The summed E-state index contributed by atoms with van der Waals surface area (Å²) in [6.45, 7) is 7.66. The first-order valence-corrected chi connectivity index (χ1v) is 9.10. The smallest absolute Gasteiger partial charge is 0.490 e. The maximum absolute atomic E-state index is 11.7. The van der Waals surface area contributed by atoms with Crippen LogP contribution in [0.4, 0.5) is 0 Å². The lowest BCUT2D eigenvalue weighted by atomic mass is 9.84. The van der Waals surface area contributed by atoms with Gasteiger partial charge in [-0.3, -0.25) is 0 Å². The van der Waals surface area contributed by atoms with E-state index in [2.05, 4.69) is 4.98 Å². The van der Waals surface area contributed by atoms with Crippen LogP contribution in [0.3, 0.4) is 0 Å². The van der Waals surface area contributed by atoms with E-state index in [0.717, 1.165) is 12.8 Å². The monoisotopic (exact) mass is 340 g/mol. The fourth-order valence-electron chi connectivity index (χ4n) is 2.18. The Morgan fingerprint density at radius 1 is 1.22 bits per heavy atom. The lowest BCUT2D eigenvalue weighted by molar-refractivity contribution is 0.00578. The molecule has 1 saturated carbocycles. The van der Waals surface area contributed by atoms with Gasteiger partial charge < -0.3 is 14.0 Å². The van der Waals surface area contributed by atoms with Crippen LogP contribution < -0.4 is 15.5 Å². The summed E-state index contributed by atoms with van der Waals surface area (Å²) < 4.78 is 40.9. The van der Waals surface area contributed by atoms with E-state index in [0.29, 0.717) is 11.3 Å². The van der Waals surface area contributed by atoms with Crippen LogP contribution in [0, 0.1) is 0 Å². The van der Waals surface area contributed by atoms with Crippen molar-refractivity contribution in [2.24, 2.45) is 5.14 Å². The molecule has 0 radical (unpaired) electrons. The first kappa shape index (κ1) is 16.7. The fourth-order valence-corrected chi connectivity index (χ4v) is 2.69. The Labute approximate surface area is 136 Å². The summed E-state index contributed by atoms with van der Waals surface area (Å²) in [4.78, 5) is 4.10. The van der Waals surface area contributed by atoms with Crippen molar-refractivity contribution >= 4 is 22.7 Å². The molecule has 2 fully saturated rings. The summed E-state index contributed by atoms with van der Waals surface area (Å²) in [7, 11) is -4.73. The number of primary sulfonamides is 1. The van der Waals surface area contributed by atoms with Crippen molar-refractivity contribution in [2.75, 3.05) is 0 Å². The Morgan fingerprint density at radius 3 is 2.26 bits per heavy atom. The minimum atomic E-state index is -3.95. The molecule has 23 heavy (non-hydrogen) atoms. The second-order valence-electron chi connectivity index (χ2n) is 7.02. The zero-order valence-electron chi connectivity index (χ0n) is 13.7. The van der Waals surface area contributed by atoms with Gasteiger partial charge in [0, 0.05) is 6.07 Å². The van der Waals surface area contributed by atoms with Crippen molar-refractivity contribution in [3.05, 3.63) is 12.1 Å². The first-order valence-electron chi connectivity index (χ1n) is 7.55. The molecule has 0 spiro atoms. The van der Waals surface area contributed by atoms with Crippen LogP contribution in [-0.4, -0.2) is 37.8 Å². The van der Waals surface area contributed by atoms with Crippen molar-refractivity contribution in [3.63, 3.8) is 0 Å². The SMILES string of the molecule is CC1(C)OB(c2cc(OC3CC3)cc(S(N)(=O)=O)n2)OC1(C)C. The third-order valence-corrected chi connectivity index (χ3v) is 5.20. The molecule has 9 heteroatoms. The van der Waals surface area contributed by atoms with Crippen LogP contribution in [0.25, 0.3) is 0 Å². The van der Waals surface area contributed by atoms with Crippen LogP contribution in [-0.2, 0) is 19.3 Å². The van der Waals surface area contributed by atoms with E-state index in [9.17, 15) is 8.42 Å². The number of hydrogen-bond acceptors (Lipinski definition) is 6. The van der Waals surface area contributed by atoms with Crippen LogP contribution >= 0.6 is 0 Å². The Balaban J connectivity index is 1.98. The standard InChI is InChI=1S/C14H21BN2O5S/c1-13(2)14(3,4)22-15(21-13)11-7-10(20-9-5-6-9)8-12(17-11)23(16,18)19/h7-9H,5-6H2,1-4H3,(H2,16,18,19). The second-order valence-corrected chi connectivity index (χ2v) is 8.52. The highest BCUT2D eigenvalue weighted by molar-refractivity contribution is 7.89. The molecule has 0 atom stereocenters. The summed E-state index contributed by atoms with van der Waals surface area (Å²) in [5.74, 6) is 0.413. The Kier molecular flexibility index (Phi) is 3.75. The lowest BCUT2D eigenvalue weighted by Gasteiger charge is -2.32. The second kappa shape index (κ2) is 5.17. The molecule has 126 valence electrons. The Morgan fingerprint density at radius 2 is 1.78 bits per heavy atom. The minimum absolute atomic E-state index is 0.122. The summed E-state index contributed by atoms with van der Waals surface area (Å²) in [6, 6.07) is 2.98. The lowest BCUT2D eigenvalue weighted by Crippen LogP contribution is -2.41. The van der Waals surface area contributed by atoms with Gasteiger partial charge in [0.15, 0.2) is 5.03 Å². The molecule has 2 heterocycles. The van der Waals surface area contributed by atoms with Gasteiger partial charge in [-0.1, -0.05) is 0 Å². The number of hydrogen-bond donors (Lipinski definition) is 1. The van der Waals surface area contributed by atoms with Crippen LogP contribution in [0.5, 0.6) is 5.75 Å². The molecule has 0 unspecified atom stereocenters.